The summed E-state index contributed by atoms with van der Waals surface area (Å²) in [6.07, 6.45) is 0.550. The van der Waals surface area contributed by atoms with E-state index in [0.29, 0.717) is 18.5 Å². The number of aryl methyl sites for hydroxylation is 2. The van der Waals surface area contributed by atoms with Gasteiger partial charge in [0.2, 0.25) is 0 Å². The molecule has 0 fully saturated rings. The van der Waals surface area contributed by atoms with E-state index in [1.54, 1.807) is 18.3 Å². The van der Waals surface area contributed by atoms with Gasteiger partial charge in [0.1, 0.15) is 5.15 Å². The summed E-state index contributed by atoms with van der Waals surface area (Å²) in [6, 6.07) is 0. The SMILES string of the molecule is Cc1nc(CCn2c(=O)[nH]c(Cl)c(C)c2=O)cs1. The van der Waals surface area contributed by atoms with Crippen LogP contribution in [0.1, 0.15) is 16.3 Å². The van der Waals surface area contributed by atoms with Gasteiger partial charge in [-0.05, 0) is 13.8 Å². The molecule has 2 rings (SSSR count). The third-order valence-corrected chi connectivity index (χ3v) is 3.82. The fraction of sp³-hybridized carbons (Fsp3) is 0.364. The van der Waals surface area contributed by atoms with Crippen LogP contribution in [-0.2, 0) is 13.0 Å². The van der Waals surface area contributed by atoms with Crippen molar-refractivity contribution in [2.24, 2.45) is 0 Å². The molecule has 0 spiro atoms. The van der Waals surface area contributed by atoms with Gasteiger partial charge in [-0.15, -0.1) is 11.3 Å². The maximum absolute atomic E-state index is 11.9. The molecule has 2 aromatic rings. The van der Waals surface area contributed by atoms with Gasteiger partial charge in [-0.2, -0.15) is 0 Å². The molecule has 0 radical (unpaired) electrons. The summed E-state index contributed by atoms with van der Waals surface area (Å²) < 4.78 is 1.15. The zero-order chi connectivity index (χ0) is 13.3. The molecule has 0 aromatic carbocycles. The van der Waals surface area contributed by atoms with Crippen LogP contribution in [0.15, 0.2) is 15.0 Å². The Morgan fingerprint density at radius 2 is 2.17 bits per heavy atom. The first-order valence-electron chi connectivity index (χ1n) is 5.39. The van der Waals surface area contributed by atoms with Crippen LogP contribution in [0, 0.1) is 13.8 Å². The third-order valence-electron chi connectivity index (χ3n) is 2.62. The molecule has 0 bridgehead atoms. The van der Waals surface area contributed by atoms with Crippen molar-refractivity contribution in [1.82, 2.24) is 14.5 Å². The molecule has 1 N–H and O–H groups in total. The number of rotatable bonds is 3. The van der Waals surface area contributed by atoms with E-state index in [9.17, 15) is 9.59 Å². The van der Waals surface area contributed by atoms with Crippen molar-refractivity contribution in [3.8, 4) is 0 Å². The summed E-state index contributed by atoms with van der Waals surface area (Å²) in [5.74, 6) is 0. The van der Waals surface area contributed by atoms with Crippen molar-refractivity contribution in [3.05, 3.63) is 47.6 Å². The quantitative estimate of drug-likeness (QED) is 0.869. The number of nitrogens with one attached hydrogen (secondary N) is 1. The van der Waals surface area contributed by atoms with Crippen molar-refractivity contribution < 1.29 is 0 Å². The van der Waals surface area contributed by atoms with Crippen LogP contribution >= 0.6 is 22.9 Å². The van der Waals surface area contributed by atoms with Crippen molar-refractivity contribution in [1.29, 1.82) is 0 Å². The van der Waals surface area contributed by atoms with Crippen molar-refractivity contribution in [2.45, 2.75) is 26.8 Å². The summed E-state index contributed by atoms with van der Waals surface area (Å²) in [5.41, 5.74) is 0.403. The van der Waals surface area contributed by atoms with E-state index < -0.39 is 5.69 Å². The molecule has 0 atom stereocenters. The van der Waals surface area contributed by atoms with Crippen LogP contribution in [0.3, 0.4) is 0 Å². The minimum Gasteiger partial charge on any atom is -0.297 e. The molecule has 18 heavy (non-hydrogen) atoms. The zero-order valence-electron chi connectivity index (χ0n) is 9.99. The fourth-order valence-electron chi connectivity index (χ4n) is 1.60. The molecule has 2 aromatic heterocycles. The highest BCUT2D eigenvalue weighted by molar-refractivity contribution is 7.09. The Labute approximate surface area is 112 Å². The van der Waals surface area contributed by atoms with E-state index in [4.69, 9.17) is 11.6 Å². The number of aromatic amines is 1. The van der Waals surface area contributed by atoms with Crippen molar-refractivity contribution >= 4 is 22.9 Å². The summed E-state index contributed by atoms with van der Waals surface area (Å²) in [7, 11) is 0. The van der Waals surface area contributed by atoms with E-state index in [2.05, 4.69) is 9.97 Å². The number of nitrogens with zero attached hydrogens (tertiary/aromatic N) is 2. The predicted octanol–water partition coefficient (Wildman–Crippen LogP) is 1.51. The van der Waals surface area contributed by atoms with E-state index in [0.717, 1.165) is 15.3 Å². The minimum atomic E-state index is -0.484. The molecule has 7 heteroatoms. The predicted molar refractivity (Wildman–Crippen MR) is 71.6 cm³/mol. The summed E-state index contributed by atoms with van der Waals surface area (Å²) in [6.45, 7) is 3.80. The lowest BCUT2D eigenvalue weighted by atomic mass is 10.3. The highest BCUT2D eigenvalue weighted by Gasteiger charge is 2.09. The molecular weight excluding hydrogens is 274 g/mol. The Balaban J connectivity index is 2.28. The highest BCUT2D eigenvalue weighted by Crippen LogP contribution is 2.09. The lowest BCUT2D eigenvalue weighted by Crippen LogP contribution is -2.37. The van der Waals surface area contributed by atoms with Gasteiger partial charge >= 0.3 is 5.69 Å². The summed E-state index contributed by atoms with van der Waals surface area (Å²) >= 11 is 7.28. The van der Waals surface area contributed by atoms with Crippen LogP contribution in [-0.4, -0.2) is 14.5 Å². The second-order valence-corrected chi connectivity index (χ2v) is 5.37. The summed E-state index contributed by atoms with van der Waals surface area (Å²) in [5, 5.41) is 3.00. The molecule has 96 valence electrons. The maximum atomic E-state index is 11.9. The van der Waals surface area contributed by atoms with Gasteiger partial charge in [0.05, 0.1) is 10.7 Å². The van der Waals surface area contributed by atoms with Gasteiger partial charge in [-0.3, -0.25) is 14.3 Å². The lowest BCUT2D eigenvalue weighted by Gasteiger charge is -2.05. The topological polar surface area (TPSA) is 67.8 Å². The van der Waals surface area contributed by atoms with Crippen LogP contribution in [0.2, 0.25) is 5.15 Å². The second kappa shape index (κ2) is 5.07. The lowest BCUT2D eigenvalue weighted by molar-refractivity contribution is 0.617. The Bertz CT molecular complexity index is 686. The normalized spacial score (nSPS) is 10.8. The maximum Gasteiger partial charge on any atom is 0.329 e. The van der Waals surface area contributed by atoms with E-state index in [-0.39, 0.29) is 10.7 Å². The number of hydrogen-bond acceptors (Lipinski definition) is 4. The number of thiazole rings is 1. The summed E-state index contributed by atoms with van der Waals surface area (Å²) in [4.78, 5) is 30.3. The molecular formula is C11H12ClN3O2S. The van der Waals surface area contributed by atoms with E-state index >= 15 is 0 Å². The van der Waals surface area contributed by atoms with Crippen LogP contribution in [0.25, 0.3) is 0 Å². The third kappa shape index (κ3) is 2.54. The molecule has 0 amide bonds. The molecule has 0 unspecified atom stereocenters. The van der Waals surface area contributed by atoms with Gasteiger partial charge in [0.15, 0.2) is 0 Å². The van der Waals surface area contributed by atoms with Crippen LogP contribution < -0.4 is 11.2 Å². The van der Waals surface area contributed by atoms with Gasteiger partial charge in [0, 0.05) is 23.9 Å². The van der Waals surface area contributed by atoms with E-state index in [1.807, 2.05) is 12.3 Å². The monoisotopic (exact) mass is 285 g/mol. The number of aromatic nitrogens is 3. The second-order valence-electron chi connectivity index (χ2n) is 3.93. The van der Waals surface area contributed by atoms with E-state index in [1.165, 1.54) is 0 Å². The van der Waals surface area contributed by atoms with Crippen molar-refractivity contribution in [2.75, 3.05) is 0 Å². The Morgan fingerprint density at radius 3 is 2.78 bits per heavy atom. The van der Waals surface area contributed by atoms with Gasteiger partial charge in [0.25, 0.3) is 5.56 Å². The van der Waals surface area contributed by atoms with Crippen molar-refractivity contribution in [3.63, 3.8) is 0 Å². The largest absolute Gasteiger partial charge is 0.329 e. The molecule has 0 aliphatic heterocycles. The zero-order valence-corrected chi connectivity index (χ0v) is 11.6. The molecule has 0 aliphatic rings. The molecule has 5 nitrogen and oxygen atoms in total. The van der Waals surface area contributed by atoms with Gasteiger partial charge in [-0.1, -0.05) is 11.6 Å². The van der Waals surface area contributed by atoms with Crippen LogP contribution in [0.5, 0.6) is 0 Å². The number of hydrogen-bond donors (Lipinski definition) is 1. The number of halogens is 1. The average Bonchev–Trinajstić information content (AvgIpc) is 2.72. The smallest absolute Gasteiger partial charge is 0.297 e. The number of H-pyrrole nitrogens is 1. The molecule has 0 saturated carbocycles. The Kier molecular flexibility index (Phi) is 3.68. The first-order valence-corrected chi connectivity index (χ1v) is 6.65. The molecule has 2 heterocycles. The van der Waals surface area contributed by atoms with Gasteiger partial charge < -0.3 is 0 Å². The molecule has 0 aliphatic carbocycles. The first-order chi connectivity index (χ1) is 8.49. The Morgan fingerprint density at radius 1 is 1.44 bits per heavy atom. The average molecular weight is 286 g/mol. The minimum absolute atomic E-state index is 0.103. The first kappa shape index (κ1) is 13.0. The van der Waals surface area contributed by atoms with Crippen LogP contribution in [0.4, 0.5) is 0 Å². The van der Waals surface area contributed by atoms with Gasteiger partial charge in [-0.25, -0.2) is 9.78 Å². The highest BCUT2D eigenvalue weighted by atomic mass is 35.5. The fourth-order valence-corrected chi connectivity index (χ4v) is 2.40. The standard InChI is InChI=1S/C11H12ClN3O2S/c1-6-9(12)14-11(17)15(10(6)16)4-3-8-5-18-7(2)13-8/h5H,3-4H2,1-2H3,(H,14,17). The Hall–Kier alpha value is -1.40. The molecule has 0 saturated heterocycles.